The van der Waals surface area contributed by atoms with Gasteiger partial charge in [-0.15, -0.1) is 0 Å². The van der Waals surface area contributed by atoms with E-state index < -0.39 is 32.9 Å². The maximum atomic E-state index is 12.6. The number of alkyl halides is 3. The Morgan fingerprint density at radius 2 is 1.93 bits per heavy atom. The first-order chi connectivity index (χ1) is 13.7. The van der Waals surface area contributed by atoms with Gasteiger partial charge in [-0.3, -0.25) is 0 Å². The minimum atomic E-state index is -4.52. The van der Waals surface area contributed by atoms with Crippen LogP contribution in [0.15, 0.2) is 48.8 Å². The SMILES string of the molecule is C=C/C(=C\C=C/CS(=O)(=O)[C@@H]1CCO[C@@H](c2cnc(C3CC3)nc2)C1)C(F)(F)F. The highest BCUT2D eigenvalue weighted by Crippen LogP contribution is 2.38. The molecule has 1 aromatic heterocycles. The number of nitrogens with zero attached hydrogens (tertiary/aromatic N) is 2. The highest BCUT2D eigenvalue weighted by molar-refractivity contribution is 7.92. The van der Waals surface area contributed by atoms with E-state index in [-0.39, 0.29) is 18.8 Å². The minimum Gasteiger partial charge on any atom is -0.373 e. The summed E-state index contributed by atoms with van der Waals surface area (Å²) in [4.78, 5) is 8.70. The topological polar surface area (TPSA) is 69.2 Å². The number of rotatable bonds is 7. The van der Waals surface area contributed by atoms with Gasteiger partial charge in [-0.1, -0.05) is 30.9 Å². The van der Waals surface area contributed by atoms with Gasteiger partial charge in [-0.05, 0) is 25.7 Å². The standard InChI is InChI=1S/C20H23F3N2O3S/c1-2-16(20(21,22)23)5-3-4-10-29(26,27)17-8-9-28-18(11-17)15-12-24-19(25-13-15)14-6-7-14/h2-5,12-14,17-18H,1,6-11H2/b4-3-,16-5+/t17-,18-/m1/s1. The molecule has 5 nitrogen and oxygen atoms in total. The number of halogens is 3. The highest BCUT2D eigenvalue weighted by atomic mass is 32.2. The summed E-state index contributed by atoms with van der Waals surface area (Å²) >= 11 is 0. The molecule has 2 fully saturated rings. The Morgan fingerprint density at radius 1 is 1.24 bits per heavy atom. The molecule has 1 aromatic rings. The zero-order chi connectivity index (χ0) is 21.1. The largest absolute Gasteiger partial charge is 0.416 e. The predicted molar refractivity (Wildman–Crippen MR) is 103 cm³/mol. The Hall–Kier alpha value is -2.00. The molecule has 0 amide bonds. The lowest BCUT2D eigenvalue weighted by atomic mass is 10.0. The van der Waals surface area contributed by atoms with E-state index in [1.165, 1.54) is 6.08 Å². The summed E-state index contributed by atoms with van der Waals surface area (Å²) in [6.45, 7) is 3.41. The quantitative estimate of drug-likeness (QED) is 0.609. The van der Waals surface area contributed by atoms with Gasteiger partial charge >= 0.3 is 6.18 Å². The summed E-state index contributed by atoms with van der Waals surface area (Å²) in [5, 5.41) is -0.625. The molecular formula is C20H23F3N2O3S. The summed E-state index contributed by atoms with van der Waals surface area (Å²) < 4.78 is 68.9. The van der Waals surface area contributed by atoms with E-state index in [9.17, 15) is 21.6 Å². The Labute approximate surface area is 168 Å². The number of allylic oxidation sites excluding steroid dienone is 4. The molecule has 0 spiro atoms. The average molecular weight is 428 g/mol. The van der Waals surface area contributed by atoms with Crippen LogP contribution in [0.5, 0.6) is 0 Å². The van der Waals surface area contributed by atoms with Gasteiger partial charge in [0.25, 0.3) is 0 Å². The molecule has 0 aromatic carbocycles. The molecule has 29 heavy (non-hydrogen) atoms. The van der Waals surface area contributed by atoms with E-state index in [4.69, 9.17) is 4.74 Å². The molecule has 1 aliphatic heterocycles. The maximum Gasteiger partial charge on any atom is 0.416 e. The van der Waals surface area contributed by atoms with E-state index in [1.807, 2.05) is 0 Å². The Kier molecular flexibility index (Phi) is 6.58. The van der Waals surface area contributed by atoms with Crippen LogP contribution < -0.4 is 0 Å². The molecule has 0 unspecified atom stereocenters. The van der Waals surface area contributed by atoms with Crippen LogP contribution in [0.2, 0.25) is 0 Å². The van der Waals surface area contributed by atoms with Crippen LogP contribution in [0.1, 0.15) is 49.1 Å². The monoisotopic (exact) mass is 428 g/mol. The summed E-state index contributed by atoms with van der Waals surface area (Å²) in [5.74, 6) is 0.911. The van der Waals surface area contributed by atoms with Crippen LogP contribution in [-0.4, -0.2) is 42.2 Å². The van der Waals surface area contributed by atoms with Crippen molar-refractivity contribution in [2.24, 2.45) is 0 Å². The van der Waals surface area contributed by atoms with Gasteiger partial charge in [0.15, 0.2) is 9.84 Å². The third kappa shape index (κ3) is 5.76. The van der Waals surface area contributed by atoms with E-state index >= 15 is 0 Å². The van der Waals surface area contributed by atoms with Crippen LogP contribution in [-0.2, 0) is 14.6 Å². The number of hydrogen-bond donors (Lipinski definition) is 0. The molecule has 0 N–H and O–H groups in total. The molecule has 2 aliphatic rings. The molecule has 1 saturated heterocycles. The molecule has 1 aliphatic carbocycles. The molecule has 3 rings (SSSR count). The van der Waals surface area contributed by atoms with Gasteiger partial charge < -0.3 is 4.74 Å². The molecule has 2 atom stereocenters. The van der Waals surface area contributed by atoms with Crippen molar-refractivity contribution in [3.63, 3.8) is 0 Å². The smallest absolute Gasteiger partial charge is 0.373 e. The van der Waals surface area contributed by atoms with Crippen molar-refractivity contribution >= 4 is 9.84 Å². The molecule has 9 heteroatoms. The second-order valence-corrected chi connectivity index (χ2v) is 9.56. The molecule has 158 valence electrons. The molecule has 0 bridgehead atoms. The van der Waals surface area contributed by atoms with Gasteiger partial charge in [0.1, 0.15) is 5.82 Å². The molecule has 0 radical (unpaired) electrons. The fourth-order valence-electron chi connectivity index (χ4n) is 3.17. The van der Waals surface area contributed by atoms with Crippen molar-refractivity contribution < 1.29 is 26.3 Å². The third-order valence-electron chi connectivity index (χ3n) is 5.04. The minimum absolute atomic E-state index is 0.276. The fraction of sp³-hybridized carbons (Fsp3) is 0.500. The summed E-state index contributed by atoms with van der Waals surface area (Å²) in [6.07, 6.45) is 5.12. The van der Waals surface area contributed by atoms with Crippen molar-refractivity contribution in [2.45, 2.75) is 49.1 Å². The lowest BCUT2D eigenvalue weighted by molar-refractivity contribution is -0.0881. The van der Waals surface area contributed by atoms with Gasteiger partial charge in [0.05, 0.1) is 22.7 Å². The van der Waals surface area contributed by atoms with Crippen LogP contribution in [0.4, 0.5) is 13.2 Å². The van der Waals surface area contributed by atoms with Crippen LogP contribution >= 0.6 is 0 Å². The first-order valence-corrected chi connectivity index (χ1v) is 11.1. The summed E-state index contributed by atoms with van der Waals surface area (Å²) in [7, 11) is -3.52. The molecule has 2 heterocycles. The maximum absolute atomic E-state index is 12.6. The normalized spacial score (nSPS) is 24.0. The van der Waals surface area contributed by atoms with E-state index in [0.717, 1.165) is 36.4 Å². The van der Waals surface area contributed by atoms with Gasteiger partial charge in [-0.2, -0.15) is 13.2 Å². The predicted octanol–water partition coefficient (Wildman–Crippen LogP) is 4.22. The van der Waals surface area contributed by atoms with Gasteiger partial charge in [0, 0.05) is 30.5 Å². The number of hydrogen-bond acceptors (Lipinski definition) is 5. The number of ether oxygens (including phenoxy) is 1. The first kappa shape index (κ1) is 21.7. The second kappa shape index (κ2) is 8.79. The lowest BCUT2D eigenvalue weighted by Crippen LogP contribution is -2.32. The highest BCUT2D eigenvalue weighted by Gasteiger charge is 2.33. The van der Waals surface area contributed by atoms with E-state index in [0.29, 0.717) is 18.4 Å². The summed E-state index contributed by atoms with van der Waals surface area (Å²) in [5.41, 5.74) is -0.180. The second-order valence-electron chi connectivity index (χ2n) is 7.24. The van der Waals surface area contributed by atoms with Crippen molar-refractivity contribution in [2.75, 3.05) is 12.4 Å². The van der Waals surface area contributed by atoms with Crippen LogP contribution in [0.3, 0.4) is 0 Å². The number of sulfone groups is 1. The summed E-state index contributed by atoms with van der Waals surface area (Å²) in [6, 6.07) is 0. The average Bonchev–Trinajstić information content (AvgIpc) is 3.52. The van der Waals surface area contributed by atoms with Crippen molar-refractivity contribution in [1.82, 2.24) is 9.97 Å². The Balaban J connectivity index is 1.61. The van der Waals surface area contributed by atoms with Crippen LogP contribution in [0.25, 0.3) is 0 Å². The van der Waals surface area contributed by atoms with E-state index in [2.05, 4.69) is 16.5 Å². The van der Waals surface area contributed by atoms with E-state index in [1.54, 1.807) is 12.4 Å². The zero-order valence-electron chi connectivity index (χ0n) is 15.8. The molecular weight excluding hydrogens is 405 g/mol. The molecule has 1 saturated carbocycles. The Bertz CT molecular complexity index is 889. The Morgan fingerprint density at radius 3 is 2.52 bits per heavy atom. The van der Waals surface area contributed by atoms with Crippen LogP contribution in [0, 0.1) is 0 Å². The van der Waals surface area contributed by atoms with Crippen molar-refractivity contribution in [1.29, 1.82) is 0 Å². The van der Waals surface area contributed by atoms with Crippen molar-refractivity contribution in [3.05, 3.63) is 60.2 Å². The first-order valence-electron chi connectivity index (χ1n) is 9.42. The fourth-order valence-corrected chi connectivity index (χ4v) is 4.74. The van der Waals surface area contributed by atoms with Crippen molar-refractivity contribution in [3.8, 4) is 0 Å². The zero-order valence-corrected chi connectivity index (χ0v) is 16.6. The number of aromatic nitrogens is 2. The lowest BCUT2D eigenvalue weighted by Gasteiger charge is -2.29. The van der Waals surface area contributed by atoms with Gasteiger partial charge in [-0.25, -0.2) is 18.4 Å². The third-order valence-corrected chi connectivity index (χ3v) is 7.14. The van der Waals surface area contributed by atoms with Gasteiger partial charge in [0.2, 0.25) is 0 Å².